The molecule has 5 heteroatoms. The zero-order chi connectivity index (χ0) is 17.5. The Morgan fingerprint density at radius 2 is 1.92 bits per heavy atom. The lowest BCUT2D eigenvalue weighted by molar-refractivity contribution is -0.122. The second-order valence-electron chi connectivity index (χ2n) is 6.61. The van der Waals surface area contributed by atoms with Gasteiger partial charge in [0, 0.05) is 12.0 Å². The molecule has 0 atom stereocenters. The van der Waals surface area contributed by atoms with Crippen LogP contribution in [-0.2, 0) is 11.3 Å². The van der Waals surface area contributed by atoms with E-state index < -0.39 is 0 Å². The van der Waals surface area contributed by atoms with Crippen molar-refractivity contribution in [2.75, 3.05) is 7.11 Å². The van der Waals surface area contributed by atoms with Crippen molar-refractivity contribution in [3.63, 3.8) is 0 Å². The van der Waals surface area contributed by atoms with Crippen LogP contribution in [0.15, 0.2) is 36.7 Å². The smallest absolute Gasteiger partial charge is 0.220 e. The van der Waals surface area contributed by atoms with Crippen molar-refractivity contribution < 1.29 is 9.53 Å². The number of nitrogens with zero attached hydrogens (tertiary/aromatic N) is 2. The first-order valence-electron chi connectivity index (χ1n) is 8.96. The number of carbonyl (C=O) groups excluding carboxylic acids is 1. The Hall–Kier alpha value is -2.43. The normalized spacial score (nSPS) is 14.9. The van der Waals surface area contributed by atoms with Crippen molar-refractivity contribution in [3.8, 4) is 17.0 Å². The van der Waals surface area contributed by atoms with Crippen LogP contribution in [-0.4, -0.2) is 23.0 Å². The van der Waals surface area contributed by atoms with E-state index in [4.69, 9.17) is 4.74 Å². The fraction of sp³-hybridized carbons (Fsp3) is 0.450. The highest BCUT2D eigenvalue weighted by atomic mass is 16.5. The van der Waals surface area contributed by atoms with Crippen LogP contribution in [0.5, 0.6) is 5.75 Å². The van der Waals surface area contributed by atoms with E-state index in [0.29, 0.717) is 18.9 Å². The highest BCUT2D eigenvalue weighted by molar-refractivity contribution is 5.76. The molecule has 1 heterocycles. The third-order valence-electron chi connectivity index (χ3n) is 4.77. The van der Waals surface area contributed by atoms with Gasteiger partial charge in [-0.05, 0) is 49.1 Å². The van der Waals surface area contributed by atoms with Crippen molar-refractivity contribution >= 4 is 5.91 Å². The fourth-order valence-corrected chi connectivity index (χ4v) is 3.33. The van der Waals surface area contributed by atoms with Gasteiger partial charge in [0.05, 0.1) is 25.0 Å². The van der Waals surface area contributed by atoms with Crippen LogP contribution in [0.4, 0.5) is 0 Å². The van der Waals surface area contributed by atoms with Gasteiger partial charge >= 0.3 is 0 Å². The van der Waals surface area contributed by atoms with Gasteiger partial charge in [-0.3, -0.25) is 4.79 Å². The van der Waals surface area contributed by atoms with Crippen molar-refractivity contribution in [2.24, 2.45) is 5.92 Å². The third-order valence-corrected chi connectivity index (χ3v) is 4.77. The number of nitrogens with one attached hydrogen (secondary N) is 1. The van der Waals surface area contributed by atoms with Gasteiger partial charge in [0.2, 0.25) is 5.91 Å². The lowest BCUT2D eigenvalue weighted by atomic mass is 9.87. The Labute approximate surface area is 148 Å². The number of hydrogen-bond donors (Lipinski definition) is 1. The second kappa shape index (κ2) is 8.60. The third kappa shape index (κ3) is 5.02. The number of benzene rings is 1. The maximum atomic E-state index is 12.1. The predicted molar refractivity (Wildman–Crippen MR) is 97.1 cm³/mol. The fourth-order valence-electron chi connectivity index (χ4n) is 3.33. The molecule has 0 aliphatic heterocycles. The van der Waals surface area contributed by atoms with Gasteiger partial charge in [-0.2, -0.15) is 0 Å². The molecule has 1 fully saturated rings. The number of carbonyl (C=O) groups is 1. The topological polar surface area (TPSA) is 64.1 Å². The standard InChI is InChI=1S/C20H25N3O2/c1-25-18-9-7-16(8-10-18)19-12-17(22-14-23-19)13-21-20(24)11-15-5-3-2-4-6-15/h7-10,12,14-15H,2-6,11,13H2,1H3,(H,21,24). The molecule has 0 saturated heterocycles. The first kappa shape index (κ1) is 17.4. The number of amides is 1. The maximum Gasteiger partial charge on any atom is 0.220 e. The highest BCUT2D eigenvalue weighted by Crippen LogP contribution is 2.26. The quantitative estimate of drug-likeness (QED) is 0.871. The Balaban J connectivity index is 1.56. The van der Waals surface area contributed by atoms with Gasteiger partial charge in [-0.1, -0.05) is 19.3 Å². The summed E-state index contributed by atoms with van der Waals surface area (Å²) in [6.45, 7) is 0.442. The van der Waals surface area contributed by atoms with E-state index >= 15 is 0 Å². The minimum atomic E-state index is 0.122. The first-order chi connectivity index (χ1) is 12.2. The van der Waals surface area contributed by atoms with Crippen molar-refractivity contribution in [1.82, 2.24) is 15.3 Å². The maximum absolute atomic E-state index is 12.1. The highest BCUT2D eigenvalue weighted by Gasteiger charge is 2.16. The van der Waals surface area contributed by atoms with Crippen LogP contribution in [0.2, 0.25) is 0 Å². The average Bonchev–Trinajstić information content (AvgIpc) is 2.67. The number of ether oxygens (including phenoxy) is 1. The molecule has 1 aliphatic rings. The van der Waals surface area contributed by atoms with Gasteiger partial charge in [-0.15, -0.1) is 0 Å². The van der Waals surface area contributed by atoms with Crippen molar-refractivity contribution in [1.29, 1.82) is 0 Å². The Morgan fingerprint density at radius 3 is 2.64 bits per heavy atom. The summed E-state index contributed by atoms with van der Waals surface area (Å²) in [7, 11) is 1.65. The summed E-state index contributed by atoms with van der Waals surface area (Å²) in [4.78, 5) is 20.7. The van der Waals surface area contributed by atoms with E-state index in [9.17, 15) is 4.79 Å². The Morgan fingerprint density at radius 1 is 1.16 bits per heavy atom. The largest absolute Gasteiger partial charge is 0.497 e. The molecule has 25 heavy (non-hydrogen) atoms. The molecule has 3 rings (SSSR count). The summed E-state index contributed by atoms with van der Waals surface area (Å²) in [6.07, 6.45) is 8.38. The van der Waals surface area contributed by atoms with Gasteiger partial charge in [0.1, 0.15) is 12.1 Å². The summed E-state index contributed by atoms with van der Waals surface area (Å²) in [5.41, 5.74) is 2.66. The Kier molecular flexibility index (Phi) is 5.99. The molecule has 1 aromatic heterocycles. The Bertz CT molecular complexity index is 694. The van der Waals surface area contributed by atoms with E-state index in [2.05, 4.69) is 15.3 Å². The first-order valence-corrected chi connectivity index (χ1v) is 8.96. The number of aromatic nitrogens is 2. The predicted octanol–water partition coefficient (Wildman–Crippen LogP) is 3.74. The van der Waals surface area contributed by atoms with E-state index in [0.717, 1.165) is 22.7 Å². The summed E-state index contributed by atoms with van der Waals surface area (Å²) >= 11 is 0. The molecule has 1 aliphatic carbocycles. The SMILES string of the molecule is COc1ccc(-c2cc(CNC(=O)CC3CCCCC3)ncn2)cc1. The molecule has 1 amide bonds. The minimum absolute atomic E-state index is 0.122. The summed E-state index contributed by atoms with van der Waals surface area (Å²) in [6, 6.07) is 9.66. The molecule has 0 radical (unpaired) electrons. The van der Waals surface area contributed by atoms with Gasteiger partial charge < -0.3 is 10.1 Å². The lowest BCUT2D eigenvalue weighted by Crippen LogP contribution is -2.26. The molecule has 1 saturated carbocycles. The van der Waals surface area contributed by atoms with Crippen LogP contribution in [0, 0.1) is 5.92 Å². The van der Waals surface area contributed by atoms with Crippen molar-refractivity contribution in [2.45, 2.75) is 45.1 Å². The molecule has 0 bridgehead atoms. The van der Waals surface area contributed by atoms with Crippen molar-refractivity contribution in [3.05, 3.63) is 42.4 Å². The molecular weight excluding hydrogens is 314 g/mol. The summed E-state index contributed by atoms with van der Waals surface area (Å²) < 4.78 is 5.18. The van der Waals surface area contributed by atoms with E-state index in [-0.39, 0.29) is 5.91 Å². The molecule has 2 aromatic rings. The lowest BCUT2D eigenvalue weighted by Gasteiger charge is -2.20. The molecule has 0 spiro atoms. The van der Waals surface area contributed by atoms with Gasteiger partial charge in [0.15, 0.2) is 0 Å². The minimum Gasteiger partial charge on any atom is -0.497 e. The van der Waals surface area contributed by atoms with Crippen LogP contribution in [0.1, 0.15) is 44.2 Å². The number of hydrogen-bond acceptors (Lipinski definition) is 4. The van der Waals surface area contributed by atoms with Gasteiger partial charge in [-0.25, -0.2) is 9.97 Å². The number of methoxy groups -OCH3 is 1. The zero-order valence-corrected chi connectivity index (χ0v) is 14.7. The zero-order valence-electron chi connectivity index (χ0n) is 14.7. The summed E-state index contributed by atoms with van der Waals surface area (Å²) in [5.74, 6) is 1.48. The molecule has 1 aromatic carbocycles. The molecule has 1 N–H and O–H groups in total. The van der Waals surface area contributed by atoms with E-state index in [1.807, 2.05) is 30.3 Å². The van der Waals surface area contributed by atoms with Crippen LogP contribution < -0.4 is 10.1 Å². The molecular formula is C20H25N3O2. The van der Waals surface area contributed by atoms with Crippen LogP contribution in [0.25, 0.3) is 11.3 Å². The van der Waals surface area contributed by atoms with Crippen LogP contribution in [0.3, 0.4) is 0 Å². The van der Waals surface area contributed by atoms with E-state index in [1.165, 1.54) is 32.1 Å². The van der Waals surface area contributed by atoms with Crippen LogP contribution >= 0.6 is 0 Å². The van der Waals surface area contributed by atoms with E-state index in [1.54, 1.807) is 13.4 Å². The van der Waals surface area contributed by atoms with Gasteiger partial charge in [0.25, 0.3) is 0 Å². The molecule has 5 nitrogen and oxygen atoms in total. The molecule has 132 valence electrons. The monoisotopic (exact) mass is 339 g/mol. The second-order valence-corrected chi connectivity index (χ2v) is 6.61. The molecule has 0 unspecified atom stereocenters. The average molecular weight is 339 g/mol. The summed E-state index contributed by atoms with van der Waals surface area (Å²) in [5, 5.41) is 2.99. The number of rotatable bonds is 6.